The molecule has 4 nitrogen and oxygen atoms in total. The largest absolute Gasteiger partial charge is 0.488 e. The van der Waals surface area contributed by atoms with E-state index in [1.54, 1.807) is 18.2 Å². The van der Waals surface area contributed by atoms with Crippen LogP contribution < -0.4 is 15.8 Å². The van der Waals surface area contributed by atoms with Crippen molar-refractivity contribution in [3.63, 3.8) is 0 Å². The van der Waals surface area contributed by atoms with Gasteiger partial charge in [0.2, 0.25) is 0 Å². The second-order valence-electron chi connectivity index (χ2n) is 5.62. The van der Waals surface area contributed by atoms with Crippen LogP contribution in [0.25, 0.3) is 0 Å². The Hall–Kier alpha value is -1.71. The molecule has 0 heterocycles. The van der Waals surface area contributed by atoms with Gasteiger partial charge in [-0.2, -0.15) is 0 Å². The molecular weight excluding hydrogens is 252 g/mol. The average Bonchev–Trinajstić information content (AvgIpc) is 2.41. The number of nitrogens with two attached hydrogens (primary N) is 1. The molecule has 0 radical (unpaired) electrons. The number of nitrogens with one attached hydrogen (secondary N) is 1. The second kappa shape index (κ2) is 6.64. The molecule has 1 aromatic carbocycles. The summed E-state index contributed by atoms with van der Waals surface area (Å²) < 4.78 is 5.99. The first-order valence-electron chi connectivity index (χ1n) is 7.44. The summed E-state index contributed by atoms with van der Waals surface area (Å²) in [4.78, 5) is 11.7. The Morgan fingerprint density at radius 1 is 1.45 bits per heavy atom. The van der Waals surface area contributed by atoms with E-state index in [1.807, 2.05) is 6.92 Å². The number of ether oxygens (including phenoxy) is 1. The van der Waals surface area contributed by atoms with Crippen molar-refractivity contribution < 1.29 is 9.53 Å². The van der Waals surface area contributed by atoms with Crippen molar-refractivity contribution in [2.24, 2.45) is 5.92 Å². The number of nitrogen functional groups attached to an aromatic ring is 1. The van der Waals surface area contributed by atoms with Crippen LogP contribution in [0.15, 0.2) is 18.2 Å². The molecule has 1 amide bonds. The lowest BCUT2D eigenvalue weighted by molar-refractivity contribution is 0.0955. The average molecular weight is 276 g/mol. The van der Waals surface area contributed by atoms with E-state index in [9.17, 15) is 4.79 Å². The van der Waals surface area contributed by atoms with Crippen molar-refractivity contribution in [2.45, 2.75) is 45.6 Å². The highest BCUT2D eigenvalue weighted by atomic mass is 16.5. The van der Waals surface area contributed by atoms with E-state index in [1.165, 1.54) is 12.8 Å². The highest BCUT2D eigenvalue weighted by Crippen LogP contribution is 2.30. The molecule has 2 atom stereocenters. The smallest absolute Gasteiger partial charge is 0.251 e. The van der Waals surface area contributed by atoms with Crippen LogP contribution >= 0.6 is 0 Å². The Morgan fingerprint density at radius 3 is 2.90 bits per heavy atom. The summed E-state index contributed by atoms with van der Waals surface area (Å²) in [6.07, 6.45) is 4.91. The number of anilines is 1. The maximum Gasteiger partial charge on any atom is 0.251 e. The predicted octanol–water partition coefficient (Wildman–Crippen LogP) is 2.98. The van der Waals surface area contributed by atoms with Crippen molar-refractivity contribution in [2.75, 3.05) is 12.3 Å². The molecule has 1 aromatic rings. The van der Waals surface area contributed by atoms with Gasteiger partial charge in [0, 0.05) is 12.1 Å². The Bertz CT molecular complexity index is 474. The van der Waals surface area contributed by atoms with Gasteiger partial charge in [-0.25, -0.2) is 0 Å². The van der Waals surface area contributed by atoms with Gasteiger partial charge >= 0.3 is 0 Å². The number of amides is 1. The van der Waals surface area contributed by atoms with E-state index >= 15 is 0 Å². The minimum Gasteiger partial charge on any atom is -0.488 e. The van der Waals surface area contributed by atoms with Crippen LogP contribution in [-0.2, 0) is 0 Å². The fourth-order valence-electron chi connectivity index (χ4n) is 2.72. The molecule has 1 aliphatic carbocycles. The van der Waals surface area contributed by atoms with Gasteiger partial charge in [0.05, 0.1) is 11.8 Å². The normalized spacial score (nSPS) is 22.3. The van der Waals surface area contributed by atoms with Crippen LogP contribution in [0.2, 0.25) is 0 Å². The van der Waals surface area contributed by atoms with E-state index in [0.717, 1.165) is 12.8 Å². The molecule has 1 fully saturated rings. The summed E-state index contributed by atoms with van der Waals surface area (Å²) in [6, 6.07) is 5.26. The molecule has 2 unspecified atom stereocenters. The van der Waals surface area contributed by atoms with E-state index in [0.29, 0.717) is 29.5 Å². The predicted molar refractivity (Wildman–Crippen MR) is 80.9 cm³/mol. The van der Waals surface area contributed by atoms with Crippen molar-refractivity contribution >= 4 is 11.6 Å². The van der Waals surface area contributed by atoms with Crippen LogP contribution in [-0.4, -0.2) is 18.6 Å². The zero-order valence-electron chi connectivity index (χ0n) is 12.3. The molecule has 0 bridgehead atoms. The minimum absolute atomic E-state index is 0.1000. The summed E-state index contributed by atoms with van der Waals surface area (Å²) in [5, 5.41) is 2.76. The summed E-state index contributed by atoms with van der Waals surface area (Å²) in [5.74, 6) is 1.30. The Morgan fingerprint density at radius 2 is 2.25 bits per heavy atom. The molecule has 0 saturated heterocycles. The Balaban J connectivity index is 2.04. The quantitative estimate of drug-likeness (QED) is 0.831. The van der Waals surface area contributed by atoms with Gasteiger partial charge in [0.25, 0.3) is 5.91 Å². The van der Waals surface area contributed by atoms with E-state index < -0.39 is 0 Å². The van der Waals surface area contributed by atoms with Crippen LogP contribution in [0.5, 0.6) is 5.75 Å². The fraction of sp³-hybridized carbons (Fsp3) is 0.562. The minimum atomic E-state index is -0.1000. The lowest BCUT2D eigenvalue weighted by Gasteiger charge is -2.27. The zero-order valence-corrected chi connectivity index (χ0v) is 12.3. The summed E-state index contributed by atoms with van der Waals surface area (Å²) >= 11 is 0. The molecule has 20 heavy (non-hydrogen) atoms. The molecule has 0 aromatic heterocycles. The maximum atomic E-state index is 11.7. The van der Waals surface area contributed by atoms with Crippen LogP contribution in [0.4, 0.5) is 5.69 Å². The first-order chi connectivity index (χ1) is 9.60. The Kier molecular flexibility index (Phi) is 4.88. The first-order valence-corrected chi connectivity index (χ1v) is 7.44. The van der Waals surface area contributed by atoms with Gasteiger partial charge in [0.15, 0.2) is 0 Å². The van der Waals surface area contributed by atoms with E-state index in [-0.39, 0.29) is 12.0 Å². The SMILES string of the molecule is CCNC(=O)c1ccc(OC2CCCC(C)C2)c(N)c1. The lowest BCUT2D eigenvalue weighted by Crippen LogP contribution is -2.25. The monoisotopic (exact) mass is 276 g/mol. The second-order valence-corrected chi connectivity index (χ2v) is 5.62. The first kappa shape index (κ1) is 14.7. The molecule has 110 valence electrons. The number of benzene rings is 1. The van der Waals surface area contributed by atoms with Crippen LogP contribution in [0.1, 0.15) is 49.9 Å². The topological polar surface area (TPSA) is 64.3 Å². The van der Waals surface area contributed by atoms with Gasteiger partial charge < -0.3 is 15.8 Å². The van der Waals surface area contributed by atoms with Crippen molar-refractivity contribution in [1.29, 1.82) is 0 Å². The molecular formula is C16H24N2O2. The highest BCUT2D eigenvalue weighted by molar-refractivity contribution is 5.95. The van der Waals surface area contributed by atoms with Gasteiger partial charge in [-0.15, -0.1) is 0 Å². The van der Waals surface area contributed by atoms with Gasteiger partial charge in [-0.05, 0) is 50.3 Å². The van der Waals surface area contributed by atoms with Crippen molar-refractivity contribution in [1.82, 2.24) is 5.32 Å². The van der Waals surface area contributed by atoms with Gasteiger partial charge in [-0.3, -0.25) is 4.79 Å². The molecule has 0 aliphatic heterocycles. The lowest BCUT2D eigenvalue weighted by atomic mass is 9.89. The van der Waals surface area contributed by atoms with Crippen LogP contribution in [0, 0.1) is 5.92 Å². The third kappa shape index (κ3) is 3.65. The van der Waals surface area contributed by atoms with E-state index in [2.05, 4.69) is 12.2 Å². The molecule has 1 aliphatic rings. The third-order valence-electron chi connectivity index (χ3n) is 3.79. The number of carbonyl (C=O) groups excluding carboxylic acids is 1. The molecule has 1 saturated carbocycles. The number of rotatable bonds is 4. The molecule has 0 spiro atoms. The highest BCUT2D eigenvalue weighted by Gasteiger charge is 2.21. The maximum absolute atomic E-state index is 11.7. The molecule has 4 heteroatoms. The van der Waals surface area contributed by atoms with Crippen LogP contribution in [0.3, 0.4) is 0 Å². The zero-order chi connectivity index (χ0) is 14.5. The fourth-order valence-corrected chi connectivity index (χ4v) is 2.72. The van der Waals surface area contributed by atoms with E-state index in [4.69, 9.17) is 10.5 Å². The summed E-state index contributed by atoms with van der Waals surface area (Å²) in [6.45, 7) is 4.76. The summed E-state index contributed by atoms with van der Waals surface area (Å²) in [5.41, 5.74) is 7.11. The number of hydrogen-bond donors (Lipinski definition) is 2. The Labute approximate surface area is 120 Å². The summed E-state index contributed by atoms with van der Waals surface area (Å²) in [7, 11) is 0. The third-order valence-corrected chi connectivity index (χ3v) is 3.79. The molecule has 3 N–H and O–H groups in total. The van der Waals surface area contributed by atoms with Crippen molar-refractivity contribution in [3.8, 4) is 5.75 Å². The standard InChI is InChI=1S/C16H24N2O2/c1-3-18-16(19)12-7-8-15(14(17)10-12)20-13-6-4-5-11(2)9-13/h7-8,10-11,13H,3-6,9,17H2,1-2H3,(H,18,19). The van der Waals surface area contributed by atoms with Gasteiger partial charge in [-0.1, -0.05) is 13.3 Å². The molecule has 2 rings (SSSR count). The number of hydrogen-bond acceptors (Lipinski definition) is 3. The van der Waals surface area contributed by atoms with Crippen molar-refractivity contribution in [3.05, 3.63) is 23.8 Å². The number of carbonyl (C=O) groups is 1. The van der Waals surface area contributed by atoms with Gasteiger partial charge in [0.1, 0.15) is 5.75 Å².